The smallest absolute Gasteiger partial charge is 0.355 e. The Morgan fingerprint density at radius 1 is 1.07 bits per heavy atom. The molecule has 0 aromatic heterocycles. The number of benzene rings is 2. The highest BCUT2D eigenvalue weighted by molar-refractivity contribution is 7.86. The number of fused-ring (bicyclic) bond motifs is 1. The fraction of sp³-hybridized carbons (Fsp3) is 0.238. The molecule has 2 aliphatic heterocycles. The van der Waals surface area contributed by atoms with Gasteiger partial charge in [0.15, 0.2) is 6.10 Å². The summed E-state index contributed by atoms with van der Waals surface area (Å²) in [6, 6.07) is 18.9. The maximum absolute atomic E-state index is 13.0. The second-order valence-electron chi connectivity index (χ2n) is 6.61. The minimum absolute atomic E-state index is 0.195. The summed E-state index contributed by atoms with van der Waals surface area (Å²) in [4.78, 5) is 26.3. The van der Waals surface area contributed by atoms with Gasteiger partial charge in [0.05, 0.1) is 22.5 Å². The highest BCUT2D eigenvalue weighted by Gasteiger charge is 2.49. The molecule has 0 N–H and O–H groups in total. The van der Waals surface area contributed by atoms with E-state index < -0.39 is 28.2 Å². The summed E-state index contributed by atoms with van der Waals surface area (Å²) in [6.07, 6.45) is 1.21. The Labute approximate surface area is 160 Å². The fourth-order valence-electron chi connectivity index (χ4n) is 3.40. The first-order chi connectivity index (χ1) is 13.1. The zero-order chi connectivity index (χ0) is 19.0. The van der Waals surface area contributed by atoms with Gasteiger partial charge < -0.3 is 4.74 Å². The molecule has 1 saturated heterocycles. The molecule has 5 nitrogen and oxygen atoms in total. The lowest BCUT2D eigenvalue weighted by molar-refractivity contribution is -0.151. The monoisotopic (exact) mass is 381 g/mol. The molecular weight excluding hydrogens is 362 g/mol. The number of esters is 1. The lowest BCUT2D eigenvalue weighted by atomic mass is 10.0. The second-order valence-corrected chi connectivity index (χ2v) is 8.56. The van der Waals surface area contributed by atoms with E-state index in [0.717, 1.165) is 11.1 Å². The first-order valence-corrected chi connectivity index (χ1v) is 10.1. The fourth-order valence-corrected chi connectivity index (χ4v) is 4.90. The van der Waals surface area contributed by atoms with E-state index in [9.17, 15) is 13.8 Å². The van der Waals surface area contributed by atoms with Gasteiger partial charge in [0, 0.05) is 0 Å². The van der Waals surface area contributed by atoms with Crippen molar-refractivity contribution in [3.05, 3.63) is 83.6 Å². The van der Waals surface area contributed by atoms with E-state index in [2.05, 4.69) is 0 Å². The summed E-state index contributed by atoms with van der Waals surface area (Å²) < 4.78 is 18.1. The maximum Gasteiger partial charge on any atom is 0.355 e. The molecule has 0 saturated carbocycles. The van der Waals surface area contributed by atoms with Crippen molar-refractivity contribution in [3.8, 4) is 0 Å². The third kappa shape index (κ3) is 3.21. The van der Waals surface area contributed by atoms with Crippen LogP contribution < -0.4 is 0 Å². The Bertz CT molecular complexity index is 886. The van der Waals surface area contributed by atoms with Crippen LogP contribution in [-0.4, -0.2) is 31.6 Å². The van der Waals surface area contributed by atoms with E-state index in [1.54, 1.807) is 13.0 Å². The van der Waals surface area contributed by atoms with Gasteiger partial charge in [-0.25, -0.2) is 4.79 Å². The molecule has 3 atom stereocenters. The Balaban J connectivity index is 1.65. The van der Waals surface area contributed by atoms with E-state index >= 15 is 0 Å². The molecule has 0 spiro atoms. The first-order valence-electron chi connectivity index (χ1n) is 8.80. The van der Waals surface area contributed by atoms with Crippen LogP contribution in [0.15, 0.2) is 72.4 Å². The summed E-state index contributed by atoms with van der Waals surface area (Å²) in [5.41, 5.74) is 1.88. The summed E-state index contributed by atoms with van der Waals surface area (Å²) in [5, 5.41) is -0.722. The molecule has 2 heterocycles. The number of nitrogens with zero attached hydrogens (tertiary/aromatic N) is 1. The van der Waals surface area contributed by atoms with Gasteiger partial charge in [0.2, 0.25) is 5.91 Å². The van der Waals surface area contributed by atoms with Crippen LogP contribution >= 0.6 is 0 Å². The summed E-state index contributed by atoms with van der Waals surface area (Å²) in [5.74, 6) is -0.770. The maximum atomic E-state index is 13.0. The van der Waals surface area contributed by atoms with Crippen molar-refractivity contribution >= 4 is 22.7 Å². The van der Waals surface area contributed by atoms with Crippen LogP contribution in [0.5, 0.6) is 0 Å². The van der Waals surface area contributed by atoms with Crippen LogP contribution in [0.4, 0.5) is 0 Å². The van der Waals surface area contributed by atoms with Crippen molar-refractivity contribution in [1.82, 2.24) is 4.90 Å². The SMILES string of the molecule is CC1C=C(C(=O)OC(c2ccccc2)c2ccccc2)N2C(=O)C[C@H]2S1=O. The molecule has 0 radical (unpaired) electrons. The average Bonchev–Trinajstić information content (AvgIpc) is 2.69. The minimum atomic E-state index is -1.19. The predicted octanol–water partition coefficient (Wildman–Crippen LogP) is 2.91. The third-order valence-corrected chi connectivity index (χ3v) is 6.61. The van der Waals surface area contributed by atoms with Crippen LogP contribution in [0.2, 0.25) is 0 Å². The number of hydrogen-bond acceptors (Lipinski definition) is 4. The van der Waals surface area contributed by atoms with Crippen LogP contribution in [0, 0.1) is 0 Å². The molecule has 6 heteroatoms. The number of rotatable bonds is 4. The minimum Gasteiger partial charge on any atom is -0.448 e. The van der Waals surface area contributed by atoms with E-state index in [4.69, 9.17) is 4.74 Å². The molecule has 27 heavy (non-hydrogen) atoms. The lowest BCUT2D eigenvalue weighted by Crippen LogP contribution is -2.59. The summed E-state index contributed by atoms with van der Waals surface area (Å²) >= 11 is 0. The van der Waals surface area contributed by atoms with E-state index in [1.165, 1.54) is 4.90 Å². The van der Waals surface area contributed by atoms with E-state index in [1.807, 2.05) is 60.7 Å². The van der Waals surface area contributed by atoms with Crippen molar-refractivity contribution in [3.63, 3.8) is 0 Å². The molecule has 1 amide bonds. The predicted molar refractivity (Wildman–Crippen MR) is 102 cm³/mol. The van der Waals surface area contributed by atoms with Gasteiger partial charge in [-0.3, -0.25) is 13.9 Å². The number of amides is 1. The number of carbonyl (C=O) groups is 2. The molecule has 2 unspecified atom stereocenters. The third-order valence-electron chi connectivity index (χ3n) is 4.83. The molecule has 2 aromatic carbocycles. The van der Waals surface area contributed by atoms with Gasteiger partial charge in [-0.1, -0.05) is 60.7 Å². The highest BCUT2D eigenvalue weighted by Crippen LogP contribution is 2.36. The Morgan fingerprint density at radius 2 is 1.63 bits per heavy atom. The number of carbonyl (C=O) groups excluding carboxylic acids is 2. The molecular formula is C21H19NO4S. The average molecular weight is 381 g/mol. The van der Waals surface area contributed by atoms with E-state index in [-0.39, 0.29) is 23.3 Å². The Kier molecular flexibility index (Phi) is 4.66. The van der Waals surface area contributed by atoms with Crippen LogP contribution in [0.3, 0.4) is 0 Å². The topological polar surface area (TPSA) is 63.7 Å². The number of β-lactam (4-membered cyclic amide) rings is 1. The molecule has 2 aliphatic rings. The molecule has 2 aromatic rings. The standard InChI is InChI=1S/C21H19NO4S/c1-14-12-17(22-18(23)13-19(22)27(14)25)21(24)26-20(15-8-4-2-5-9-15)16-10-6-3-7-11-16/h2-12,14,19-20H,13H2,1H3/t14?,19-,27?/m1/s1. The van der Waals surface area contributed by atoms with Crippen LogP contribution in [0.25, 0.3) is 0 Å². The number of hydrogen-bond donors (Lipinski definition) is 0. The summed E-state index contributed by atoms with van der Waals surface area (Å²) in [7, 11) is -1.19. The second kappa shape index (κ2) is 7.12. The van der Waals surface area contributed by atoms with Crippen molar-refractivity contribution in [2.24, 2.45) is 0 Å². The zero-order valence-corrected chi connectivity index (χ0v) is 15.6. The normalized spacial score (nSPS) is 24.1. The molecule has 0 aliphatic carbocycles. The highest BCUT2D eigenvalue weighted by atomic mass is 32.2. The lowest BCUT2D eigenvalue weighted by Gasteiger charge is -2.44. The van der Waals surface area contributed by atoms with Crippen molar-refractivity contribution in [2.75, 3.05) is 0 Å². The van der Waals surface area contributed by atoms with Crippen LogP contribution in [-0.2, 0) is 25.1 Å². The first kappa shape index (κ1) is 17.7. The van der Waals surface area contributed by atoms with Gasteiger partial charge in [0.25, 0.3) is 0 Å². The zero-order valence-electron chi connectivity index (χ0n) is 14.8. The van der Waals surface area contributed by atoms with E-state index in [0.29, 0.717) is 0 Å². The van der Waals surface area contributed by atoms with Gasteiger partial charge >= 0.3 is 5.97 Å². The Morgan fingerprint density at radius 3 is 2.15 bits per heavy atom. The quantitative estimate of drug-likeness (QED) is 0.603. The largest absolute Gasteiger partial charge is 0.448 e. The molecule has 0 bridgehead atoms. The molecule has 4 rings (SSSR count). The van der Waals surface area contributed by atoms with Crippen molar-refractivity contribution in [2.45, 2.75) is 30.1 Å². The summed E-state index contributed by atoms with van der Waals surface area (Å²) in [6.45, 7) is 1.79. The van der Waals surface area contributed by atoms with Gasteiger partial charge in [0.1, 0.15) is 11.1 Å². The van der Waals surface area contributed by atoms with Gasteiger partial charge in [-0.2, -0.15) is 0 Å². The van der Waals surface area contributed by atoms with Crippen molar-refractivity contribution < 1.29 is 18.5 Å². The van der Waals surface area contributed by atoms with Gasteiger partial charge in [-0.05, 0) is 24.1 Å². The van der Waals surface area contributed by atoms with Gasteiger partial charge in [-0.15, -0.1) is 0 Å². The number of ether oxygens (including phenoxy) is 1. The Hall–Kier alpha value is -2.73. The van der Waals surface area contributed by atoms with Crippen molar-refractivity contribution in [1.29, 1.82) is 0 Å². The molecule has 1 fully saturated rings. The van der Waals surface area contributed by atoms with Crippen LogP contribution in [0.1, 0.15) is 30.6 Å². The molecule has 138 valence electrons.